The van der Waals surface area contributed by atoms with Crippen molar-refractivity contribution in [1.29, 1.82) is 0 Å². The average molecular weight is 343 g/mol. The van der Waals surface area contributed by atoms with Gasteiger partial charge in [-0.25, -0.2) is 0 Å². The largest absolute Gasteiger partial charge is 0.378 e. The highest BCUT2D eigenvalue weighted by molar-refractivity contribution is 5.79. The molecule has 25 heavy (non-hydrogen) atoms. The van der Waals surface area contributed by atoms with E-state index in [9.17, 15) is 4.79 Å². The molecule has 0 aromatic carbocycles. The van der Waals surface area contributed by atoms with Crippen LogP contribution in [0.1, 0.15) is 49.4 Å². The van der Waals surface area contributed by atoms with Gasteiger partial charge in [-0.05, 0) is 44.7 Å². The number of carbonyl (C=O) groups excluding carboxylic acids is 1. The van der Waals surface area contributed by atoms with Crippen LogP contribution in [0, 0.1) is 12.8 Å². The van der Waals surface area contributed by atoms with Crippen molar-refractivity contribution >= 4 is 11.6 Å². The molecule has 1 aromatic heterocycles. The molecule has 4 rings (SSSR count). The molecule has 2 saturated heterocycles. The Kier molecular flexibility index (Phi) is 4.93. The van der Waals surface area contributed by atoms with Gasteiger partial charge in [0.2, 0.25) is 5.91 Å². The molecule has 5 nitrogen and oxygen atoms in total. The number of rotatable bonds is 3. The van der Waals surface area contributed by atoms with E-state index >= 15 is 0 Å². The van der Waals surface area contributed by atoms with Crippen molar-refractivity contribution in [1.82, 2.24) is 9.88 Å². The quantitative estimate of drug-likeness (QED) is 0.847. The summed E-state index contributed by atoms with van der Waals surface area (Å²) in [4.78, 5) is 21.9. The van der Waals surface area contributed by atoms with Gasteiger partial charge < -0.3 is 14.5 Å². The van der Waals surface area contributed by atoms with Crippen molar-refractivity contribution in [2.75, 3.05) is 44.3 Å². The first kappa shape index (κ1) is 16.8. The molecule has 1 saturated carbocycles. The molecule has 136 valence electrons. The van der Waals surface area contributed by atoms with E-state index in [2.05, 4.69) is 28.9 Å². The van der Waals surface area contributed by atoms with Crippen LogP contribution in [0.25, 0.3) is 0 Å². The van der Waals surface area contributed by atoms with E-state index in [-0.39, 0.29) is 0 Å². The summed E-state index contributed by atoms with van der Waals surface area (Å²) in [6.07, 6.45) is 5.61. The summed E-state index contributed by atoms with van der Waals surface area (Å²) in [5.41, 5.74) is 3.49. The van der Waals surface area contributed by atoms with Crippen LogP contribution in [-0.4, -0.2) is 55.2 Å². The first-order valence-electron chi connectivity index (χ1n) is 9.81. The van der Waals surface area contributed by atoms with Crippen molar-refractivity contribution < 1.29 is 9.53 Å². The fourth-order valence-electron chi connectivity index (χ4n) is 4.22. The average Bonchev–Trinajstić information content (AvgIpc) is 2.60. The molecule has 1 aliphatic carbocycles. The number of amides is 1. The Morgan fingerprint density at radius 1 is 1.12 bits per heavy atom. The first-order chi connectivity index (χ1) is 12.2. The van der Waals surface area contributed by atoms with Gasteiger partial charge in [-0.2, -0.15) is 0 Å². The Balaban J connectivity index is 1.50. The van der Waals surface area contributed by atoms with Gasteiger partial charge in [0.05, 0.1) is 13.2 Å². The molecule has 0 unspecified atom stereocenters. The first-order valence-corrected chi connectivity index (χ1v) is 9.81. The highest BCUT2D eigenvalue weighted by Crippen LogP contribution is 2.33. The second-order valence-electron chi connectivity index (χ2n) is 7.74. The van der Waals surface area contributed by atoms with E-state index in [4.69, 9.17) is 9.72 Å². The van der Waals surface area contributed by atoms with E-state index in [1.165, 1.54) is 12.1 Å². The van der Waals surface area contributed by atoms with Crippen LogP contribution in [0.3, 0.4) is 0 Å². The molecule has 3 fully saturated rings. The van der Waals surface area contributed by atoms with E-state index in [1.54, 1.807) is 0 Å². The number of piperidine rings is 1. The Hall–Kier alpha value is -1.62. The minimum Gasteiger partial charge on any atom is -0.378 e. The summed E-state index contributed by atoms with van der Waals surface area (Å²) in [6, 6.07) is 4.43. The predicted octanol–water partition coefficient (Wildman–Crippen LogP) is 2.73. The van der Waals surface area contributed by atoms with Crippen LogP contribution in [0.4, 0.5) is 5.69 Å². The third kappa shape index (κ3) is 3.66. The number of pyridine rings is 1. The molecule has 2 aliphatic heterocycles. The predicted molar refractivity (Wildman–Crippen MR) is 97.9 cm³/mol. The number of likely N-dealkylation sites (tertiary alicyclic amines) is 1. The lowest BCUT2D eigenvalue weighted by atomic mass is 9.83. The van der Waals surface area contributed by atoms with Crippen LogP contribution >= 0.6 is 0 Å². The Labute approximate surface area is 150 Å². The standard InChI is InChI=1S/C20H29N3O2/c1-15-12-18(22-8-10-25-11-9-22)13-19(21-15)17-6-3-7-23(14-17)20(24)16-4-2-5-16/h12-13,16-17H,2-11,14H2,1H3/t17-/m1/s1. The van der Waals surface area contributed by atoms with E-state index in [0.29, 0.717) is 17.7 Å². The fourth-order valence-corrected chi connectivity index (χ4v) is 4.22. The Morgan fingerprint density at radius 3 is 2.64 bits per heavy atom. The SMILES string of the molecule is Cc1cc(N2CCOCC2)cc([C@@H]2CCCN(C(=O)C3CCC3)C2)n1. The molecule has 3 aliphatic rings. The zero-order valence-corrected chi connectivity index (χ0v) is 15.2. The third-order valence-electron chi connectivity index (χ3n) is 5.94. The molecule has 0 radical (unpaired) electrons. The van der Waals surface area contributed by atoms with Gasteiger partial charge in [0.15, 0.2) is 0 Å². The lowest BCUT2D eigenvalue weighted by molar-refractivity contribution is -0.139. The topological polar surface area (TPSA) is 45.7 Å². The summed E-state index contributed by atoms with van der Waals surface area (Å²) in [5.74, 6) is 1.06. The molecule has 0 N–H and O–H groups in total. The fraction of sp³-hybridized carbons (Fsp3) is 0.700. The number of nitrogens with zero attached hydrogens (tertiary/aromatic N) is 3. The normalized spacial score (nSPS) is 24.9. The minimum absolute atomic E-state index is 0.299. The second kappa shape index (κ2) is 7.32. The monoisotopic (exact) mass is 343 g/mol. The molecule has 5 heteroatoms. The molecular weight excluding hydrogens is 314 g/mol. The molecule has 0 bridgehead atoms. The lowest BCUT2D eigenvalue weighted by Crippen LogP contribution is -2.44. The number of carbonyl (C=O) groups is 1. The van der Waals surface area contributed by atoms with Crippen molar-refractivity contribution in [2.24, 2.45) is 5.92 Å². The van der Waals surface area contributed by atoms with Gasteiger partial charge in [-0.3, -0.25) is 9.78 Å². The zero-order chi connectivity index (χ0) is 17.2. The number of ether oxygens (including phenoxy) is 1. The van der Waals surface area contributed by atoms with Gasteiger partial charge >= 0.3 is 0 Å². The number of morpholine rings is 1. The Bertz CT molecular complexity index is 623. The van der Waals surface area contributed by atoms with Gasteiger partial charge in [-0.1, -0.05) is 6.42 Å². The van der Waals surface area contributed by atoms with E-state index in [1.807, 2.05) is 0 Å². The highest BCUT2D eigenvalue weighted by Gasteiger charge is 2.33. The molecule has 1 atom stereocenters. The van der Waals surface area contributed by atoms with Crippen molar-refractivity contribution in [3.05, 3.63) is 23.5 Å². The van der Waals surface area contributed by atoms with Gasteiger partial charge in [0, 0.05) is 55.1 Å². The molecule has 3 heterocycles. The summed E-state index contributed by atoms with van der Waals surface area (Å²) in [7, 11) is 0. The number of hydrogen-bond donors (Lipinski definition) is 0. The summed E-state index contributed by atoms with van der Waals surface area (Å²) in [6.45, 7) is 7.32. The van der Waals surface area contributed by atoms with Crippen LogP contribution in [0.15, 0.2) is 12.1 Å². The number of anilines is 1. The minimum atomic E-state index is 0.299. The van der Waals surface area contributed by atoms with Crippen molar-refractivity contribution in [2.45, 2.75) is 44.9 Å². The highest BCUT2D eigenvalue weighted by atomic mass is 16.5. The Morgan fingerprint density at radius 2 is 1.92 bits per heavy atom. The second-order valence-corrected chi connectivity index (χ2v) is 7.74. The van der Waals surface area contributed by atoms with Crippen molar-refractivity contribution in [3.63, 3.8) is 0 Å². The number of aromatic nitrogens is 1. The molecule has 1 amide bonds. The van der Waals surface area contributed by atoms with Gasteiger partial charge in [-0.15, -0.1) is 0 Å². The maximum absolute atomic E-state index is 12.6. The third-order valence-corrected chi connectivity index (χ3v) is 5.94. The molecule has 1 aromatic rings. The summed E-state index contributed by atoms with van der Waals surface area (Å²) >= 11 is 0. The lowest BCUT2D eigenvalue weighted by Gasteiger charge is -2.37. The number of hydrogen-bond acceptors (Lipinski definition) is 4. The summed E-state index contributed by atoms with van der Waals surface area (Å²) < 4.78 is 5.48. The smallest absolute Gasteiger partial charge is 0.225 e. The van der Waals surface area contributed by atoms with E-state index in [0.717, 1.165) is 76.5 Å². The van der Waals surface area contributed by atoms with Crippen LogP contribution in [0.2, 0.25) is 0 Å². The molecular formula is C20H29N3O2. The van der Waals surface area contributed by atoms with Gasteiger partial charge in [0.1, 0.15) is 0 Å². The summed E-state index contributed by atoms with van der Waals surface area (Å²) in [5, 5.41) is 0. The maximum atomic E-state index is 12.6. The van der Waals surface area contributed by atoms with Gasteiger partial charge in [0.25, 0.3) is 0 Å². The van der Waals surface area contributed by atoms with Crippen LogP contribution < -0.4 is 4.90 Å². The maximum Gasteiger partial charge on any atom is 0.225 e. The van der Waals surface area contributed by atoms with Crippen molar-refractivity contribution in [3.8, 4) is 0 Å². The zero-order valence-electron chi connectivity index (χ0n) is 15.2. The van der Waals surface area contributed by atoms with Crippen LogP contribution in [0.5, 0.6) is 0 Å². The van der Waals surface area contributed by atoms with E-state index < -0.39 is 0 Å². The molecule has 0 spiro atoms. The van der Waals surface area contributed by atoms with Crippen LogP contribution in [-0.2, 0) is 9.53 Å². The number of aryl methyl sites for hydroxylation is 1.